The molecule has 0 aliphatic carbocycles. The first kappa shape index (κ1) is 17.5. The summed E-state index contributed by atoms with van der Waals surface area (Å²) in [6, 6.07) is 0. The molecule has 3 heterocycles. The summed E-state index contributed by atoms with van der Waals surface area (Å²) in [5.74, 6) is 0.301. The highest BCUT2D eigenvalue weighted by Gasteiger charge is 2.33. The number of anilines is 1. The van der Waals surface area contributed by atoms with Gasteiger partial charge >= 0.3 is 0 Å². The molecule has 0 bridgehead atoms. The van der Waals surface area contributed by atoms with E-state index < -0.39 is 10.0 Å². The summed E-state index contributed by atoms with van der Waals surface area (Å²) < 4.78 is 32.0. The van der Waals surface area contributed by atoms with Crippen molar-refractivity contribution in [1.29, 1.82) is 0 Å². The van der Waals surface area contributed by atoms with Crippen LogP contribution in [0.1, 0.15) is 11.5 Å². The standard InChI is InChI=1S/C14H16Cl2N4O3S/c1-9-14(10(2)23-18-9)24(21,22)20-5-3-19(4-6-20)13-11(15)7-17-8-12(13)16/h7-8H,3-6H2,1-2H3. The molecule has 7 nitrogen and oxygen atoms in total. The molecule has 0 N–H and O–H groups in total. The summed E-state index contributed by atoms with van der Waals surface area (Å²) >= 11 is 12.3. The molecule has 1 aliphatic heterocycles. The Kier molecular flexibility index (Phi) is 4.74. The molecular weight excluding hydrogens is 375 g/mol. The molecular formula is C14H16Cl2N4O3S. The first-order chi connectivity index (χ1) is 11.3. The van der Waals surface area contributed by atoms with E-state index in [1.54, 1.807) is 13.8 Å². The minimum absolute atomic E-state index is 0.149. The van der Waals surface area contributed by atoms with Crippen molar-refractivity contribution in [1.82, 2.24) is 14.4 Å². The SMILES string of the molecule is Cc1noc(C)c1S(=O)(=O)N1CCN(c2c(Cl)cncc2Cl)CC1. The summed E-state index contributed by atoms with van der Waals surface area (Å²) in [6.07, 6.45) is 3.05. The third-order valence-corrected chi connectivity index (χ3v) is 6.65. The maximum atomic E-state index is 12.8. The van der Waals surface area contributed by atoms with E-state index in [0.29, 0.717) is 53.4 Å². The number of halogens is 2. The number of aromatic nitrogens is 2. The second kappa shape index (κ2) is 6.51. The second-order valence-corrected chi connectivity index (χ2v) is 8.19. The van der Waals surface area contributed by atoms with Crippen molar-refractivity contribution in [2.24, 2.45) is 0 Å². The van der Waals surface area contributed by atoms with Crippen molar-refractivity contribution in [3.63, 3.8) is 0 Å². The van der Waals surface area contributed by atoms with Crippen molar-refractivity contribution in [3.8, 4) is 0 Å². The van der Waals surface area contributed by atoms with E-state index in [1.165, 1.54) is 16.7 Å². The van der Waals surface area contributed by atoms with E-state index in [2.05, 4.69) is 10.1 Å². The van der Waals surface area contributed by atoms with Crippen molar-refractivity contribution in [2.75, 3.05) is 31.1 Å². The summed E-state index contributed by atoms with van der Waals surface area (Å²) in [4.78, 5) is 6.05. The summed E-state index contributed by atoms with van der Waals surface area (Å²) in [6.45, 7) is 4.82. The maximum absolute atomic E-state index is 12.8. The Bertz CT molecular complexity index is 821. The van der Waals surface area contributed by atoms with E-state index >= 15 is 0 Å². The second-order valence-electron chi connectivity index (χ2n) is 5.50. The molecule has 3 rings (SSSR count). The van der Waals surface area contributed by atoms with Gasteiger partial charge in [-0.25, -0.2) is 8.42 Å². The Morgan fingerprint density at radius 2 is 1.67 bits per heavy atom. The van der Waals surface area contributed by atoms with Gasteiger partial charge in [0.15, 0.2) is 5.76 Å². The fourth-order valence-corrected chi connectivity index (χ4v) is 5.15. The molecule has 0 aromatic carbocycles. The number of hydrogen-bond donors (Lipinski definition) is 0. The zero-order chi connectivity index (χ0) is 17.5. The Morgan fingerprint density at radius 1 is 1.08 bits per heavy atom. The molecule has 0 saturated carbocycles. The minimum Gasteiger partial charge on any atom is -0.366 e. The van der Waals surface area contributed by atoms with Gasteiger partial charge < -0.3 is 9.42 Å². The number of nitrogens with zero attached hydrogens (tertiary/aromatic N) is 4. The number of pyridine rings is 1. The van der Waals surface area contributed by atoms with Crippen LogP contribution in [0.25, 0.3) is 0 Å². The number of piperazine rings is 1. The lowest BCUT2D eigenvalue weighted by Crippen LogP contribution is -2.49. The first-order valence-electron chi connectivity index (χ1n) is 7.29. The molecule has 10 heteroatoms. The number of aryl methyl sites for hydroxylation is 2. The van der Waals surface area contributed by atoms with Gasteiger partial charge in [-0.2, -0.15) is 4.31 Å². The summed E-state index contributed by atoms with van der Waals surface area (Å²) in [7, 11) is -3.63. The molecule has 1 aliphatic rings. The average molecular weight is 391 g/mol. The van der Waals surface area contributed by atoms with Crippen LogP contribution in [0.5, 0.6) is 0 Å². The van der Waals surface area contributed by atoms with Gasteiger partial charge in [-0.1, -0.05) is 28.4 Å². The molecule has 1 saturated heterocycles. The first-order valence-corrected chi connectivity index (χ1v) is 9.49. The molecule has 2 aromatic heterocycles. The number of hydrogen-bond acceptors (Lipinski definition) is 6. The lowest BCUT2D eigenvalue weighted by atomic mass is 10.3. The van der Waals surface area contributed by atoms with Crippen LogP contribution in [-0.4, -0.2) is 49.0 Å². The molecule has 0 spiro atoms. The van der Waals surface area contributed by atoms with Crippen LogP contribution in [0.2, 0.25) is 10.0 Å². The normalized spacial score (nSPS) is 16.6. The molecule has 24 heavy (non-hydrogen) atoms. The highest BCUT2D eigenvalue weighted by atomic mass is 35.5. The van der Waals surface area contributed by atoms with E-state index in [4.69, 9.17) is 27.7 Å². The van der Waals surface area contributed by atoms with Crippen LogP contribution < -0.4 is 4.90 Å². The predicted octanol–water partition coefficient (Wildman–Crippen LogP) is 2.50. The summed E-state index contributed by atoms with van der Waals surface area (Å²) in [5, 5.41) is 4.63. The highest BCUT2D eigenvalue weighted by Crippen LogP contribution is 2.34. The predicted molar refractivity (Wildman–Crippen MR) is 91.2 cm³/mol. The van der Waals surface area contributed by atoms with Crippen molar-refractivity contribution in [3.05, 3.63) is 33.9 Å². The lowest BCUT2D eigenvalue weighted by Gasteiger charge is -2.35. The molecule has 0 radical (unpaired) electrons. The number of sulfonamides is 1. The van der Waals surface area contributed by atoms with Gasteiger partial charge in [0.1, 0.15) is 10.6 Å². The highest BCUT2D eigenvalue weighted by molar-refractivity contribution is 7.89. The zero-order valence-electron chi connectivity index (χ0n) is 13.2. The van der Waals surface area contributed by atoms with Gasteiger partial charge in [-0.05, 0) is 13.8 Å². The van der Waals surface area contributed by atoms with Gasteiger partial charge in [-0.3, -0.25) is 4.98 Å². The molecule has 0 amide bonds. The van der Waals surface area contributed by atoms with Gasteiger partial charge in [0.2, 0.25) is 10.0 Å². The lowest BCUT2D eigenvalue weighted by molar-refractivity contribution is 0.378. The van der Waals surface area contributed by atoms with Gasteiger partial charge in [0, 0.05) is 38.6 Å². The Balaban J connectivity index is 1.81. The van der Waals surface area contributed by atoms with E-state index in [1.807, 2.05) is 4.90 Å². The molecule has 1 fully saturated rings. The Hall–Kier alpha value is -1.35. The van der Waals surface area contributed by atoms with Crippen molar-refractivity contribution < 1.29 is 12.9 Å². The minimum atomic E-state index is -3.63. The Labute approximate surface area is 150 Å². The monoisotopic (exact) mass is 390 g/mol. The quantitative estimate of drug-likeness (QED) is 0.800. The fourth-order valence-electron chi connectivity index (χ4n) is 2.83. The van der Waals surface area contributed by atoms with Gasteiger partial charge in [0.05, 0.1) is 15.7 Å². The van der Waals surface area contributed by atoms with Crippen LogP contribution in [0.3, 0.4) is 0 Å². The maximum Gasteiger partial charge on any atom is 0.248 e. The van der Waals surface area contributed by atoms with E-state index in [-0.39, 0.29) is 4.90 Å². The van der Waals surface area contributed by atoms with Gasteiger partial charge in [0.25, 0.3) is 0 Å². The average Bonchev–Trinajstić information content (AvgIpc) is 2.87. The van der Waals surface area contributed by atoms with Crippen molar-refractivity contribution in [2.45, 2.75) is 18.7 Å². The Morgan fingerprint density at radius 3 is 2.17 bits per heavy atom. The number of rotatable bonds is 3. The molecule has 0 atom stereocenters. The zero-order valence-corrected chi connectivity index (χ0v) is 15.5. The molecule has 0 unspecified atom stereocenters. The fraction of sp³-hybridized carbons (Fsp3) is 0.429. The molecule has 130 valence electrons. The third-order valence-electron chi connectivity index (χ3n) is 3.95. The van der Waals surface area contributed by atoms with Gasteiger partial charge in [-0.15, -0.1) is 0 Å². The van der Waals surface area contributed by atoms with Crippen LogP contribution in [-0.2, 0) is 10.0 Å². The topological polar surface area (TPSA) is 79.5 Å². The van der Waals surface area contributed by atoms with Crippen molar-refractivity contribution >= 4 is 38.9 Å². The van der Waals surface area contributed by atoms with Crippen LogP contribution in [0.4, 0.5) is 5.69 Å². The van der Waals surface area contributed by atoms with Crippen LogP contribution in [0.15, 0.2) is 21.8 Å². The smallest absolute Gasteiger partial charge is 0.248 e. The largest absolute Gasteiger partial charge is 0.366 e. The molecule has 2 aromatic rings. The van der Waals surface area contributed by atoms with Crippen LogP contribution in [0, 0.1) is 13.8 Å². The third kappa shape index (κ3) is 2.99. The van der Waals surface area contributed by atoms with Crippen LogP contribution >= 0.6 is 23.2 Å². The van der Waals surface area contributed by atoms with E-state index in [0.717, 1.165) is 0 Å². The summed E-state index contributed by atoms with van der Waals surface area (Å²) in [5.41, 5.74) is 1.05. The van der Waals surface area contributed by atoms with E-state index in [9.17, 15) is 8.42 Å².